The second kappa shape index (κ2) is 9.85. The van der Waals surface area contributed by atoms with Gasteiger partial charge in [0.2, 0.25) is 11.8 Å². The van der Waals surface area contributed by atoms with Crippen LogP contribution in [0.4, 0.5) is 16.4 Å². The number of anilines is 2. The van der Waals surface area contributed by atoms with E-state index < -0.39 is 11.7 Å². The maximum Gasteiger partial charge on any atom is 0.412 e. The molecule has 0 fully saturated rings. The van der Waals surface area contributed by atoms with Gasteiger partial charge in [-0.1, -0.05) is 0 Å². The van der Waals surface area contributed by atoms with Crippen LogP contribution >= 0.6 is 0 Å². The summed E-state index contributed by atoms with van der Waals surface area (Å²) in [6, 6.07) is 5.37. The largest absolute Gasteiger partial charge is 0.475 e. The first-order chi connectivity index (χ1) is 15.5. The maximum atomic E-state index is 12.1. The van der Waals surface area contributed by atoms with E-state index in [1.807, 2.05) is 60.7 Å². The Morgan fingerprint density at radius 2 is 1.94 bits per heavy atom. The fraction of sp³-hybridized carbons (Fsp3) is 0.435. The number of ether oxygens (including phenoxy) is 2. The summed E-state index contributed by atoms with van der Waals surface area (Å²) in [5.41, 5.74) is 3.20. The predicted octanol–water partition coefficient (Wildman–Crippen LogP) is 4.33. The van der Waals surface area contributed by atoms with E-state index in [-0.39, 0.29) is 6.10 Å². The Labute approximate surface area is 193 Å². The van der Waals surface area contributed by atoms with Crippen LogP contribution in [0.5, 0.6) is 5.88 Å². The molecule has 10 heteroatoms. The van der Waals surface area contributed by atoms with Crippen molar-refractivity contribution in [3.05, 3.63) is 42.0 Å². The number of nitrogens with one attached hydrogen (secondary N) is 2. The third kappa shape index (κ3) is 6.64. The number of amides is 1. The average Bonchev–Trinajstić information content (AvgIpc) is 3.07. The monoisotopic (exact) mass is 453 g/mol. The number of carbonyl (C=O) groups is 1. The van der Waals surface area contributed by atoms with E-state index in [2.05, 4.69) is 30.7 Å². The van der Waals surface area contributed by atoms with Crippen molar-refractivity contribution in [3.8, 4) is 17.1 Å². The second-order valence-corrected chi connectivity index (χ2v) is 8.82. The smallest absolute Gasteiger partial charge is 0.412 e. The molecular formula is C23H31N7O3. The summed E-state index contributed by atoms with van der Waals surface area (Å²) < 4.78 is 12.7. The Morgan fingerprint density at radius 1 is 1.18 bits per heavy atom. The van der Waals surface area contributed by atoms with E-state index in [0.29, 0.717) is 29.8 Å². The van der Waals surface area contributed by atoms with Crippen LogP contribution in [0.25, 0.3) is 11.3 Å². The minimum atomic E-state index is -0.576. The fourth-order valence-electron chi connectivity index (χ4n) is 3.04. The lowest BCUT2D eigenvalue weighted by atomic mass is 10.1. The van der Waals surface area contributed by atoms with E-state index in [4.69, 9.17) is 9.47 Å². The Hall–Kier alpha value is -3.69. The highest BCUT2D eigenvalue weighted by Gasteiger charge is 2.18. The molecule has 3 heterocycles. The summed E-state index contributed by atoms with van der Waals surface area (Å²) in [6.07, 6.45) is 2.92. The number of aromatic nitrogens is 5. The molecular weight excluding hydrogens is 422 g/mol. The third-order valence-corrected chi connectivity index (χ3v) is 4.46. The molecule has 0 spiro atoms. The SMILES string of the molecule is Cc1nc(-c2cnn(C)c2CNc2nccc(OC(C)C)n2)ccc1NC(=O)OC(C)(C)C. The molecule has 2 N–H and O–H groups in total. The summed E-state index contributed by atoms with van der Waals surface area (Å²) >= 11 is 0. The van der Waals surface area contributed by atoms with Crippen molar-refractivity contribution in [2.45, 2.75) is 59.8 Å². The van der Waals surface area contributed by atoms with Crippen molar-refractivity contribution >= 4 is 17.7 Å². The van der Waals surface area contributed by atoms with Crippen LogP contribution in [0.2, 0.25) is 0 Å². The van der Waals surface area contributed by atoms with Crippen LogP contribution in [0.15, 0.2) is 30.6 Å². The first-order valence-electron chi connectivity index (χ1n) is 10.7. The summed E-state index contributed by atoms with van der Waals surface area (Å²) in [7, 11) is 1.87. The number of hydrogen-bond donors (Lipinski definition) is 2. The van der Waals surface area contributed by atoms with E-state index in [9.17, 15) is 4.79 Å². The molecule has 0 aliphatic heterocycles. The van der Waals surface area contributed by atoms with Crippen molar-refractivity contribution in [1.29, 1.82) is 0 Å². The lowest BCUT2D eigenvalue weighted by molar-refractivity contribution is 0.0635. The van der Waals surface area contributed by atoms with Crippen LogP contribution in [-0.4, -0.2) is 42.5 Å². The fourth-order valence-corrected chi connectivity index (χ4v) is 3.04. The van der Waals surface area contributed by atoms with Gasteiger partial charge >= 0.3 is 6.09 Å². The van der Waals surface area contributed by atoms with E-state index >= 15 is 0 Å². The Morgan fingerprint density at radius 3 is 2.61 bits per heavy atom. The molecule has 176 valence electrons. The molecule has 0 radical (unpaired) electrons. The first-order valence-corrected chi connectivity index (χ1v) is 10.7. The molecule has 0 aliphatic rings. The molecule has 0 aromatic carbocycles. The quantitative estimate of drug-likeness (QED) is 0.543. The van der Waals surface area contributed by atoms with Crippen LogP contribution < -0.4 is 15.4 Å². The zero-order valence-electron chi connectivity index (χ0n) is 20.1. The van der Waals surface area contributed by atoms with Crippen molar-refractivity contribution in [2.75, 3.05) is 10.6 Å². The number of rotatable bonds is 7. The normalized spacial score (nSPS) is 11.4. The zero-order valence-corrected chi connectivity index (χ0v) is 20.1. The van der Waals surface area contributed by atoms with Crippen molar-refractivity contribution in [1.82, 2.24) is 24.7 Å². The zero-order chi connectivity index (χ0) is 24.2. The highest BCUT2D eigenvalue weighted by molar-refractivity contribution is 5.86. The Kier molecular flexibility index (Phi) is 7.15. The molecule has 3 aromatic heterocycles. The summed E-state index contributed by atoms with van der Waals surface area (Å²) in [6.45, 7) is 11.6. The molecule has 0 unspecified atom stereocenters. The highest BCUT2D eigenvalue weighted by Crippen LogP contribution is 2.25. The molecule has 33 heavy (non-hydrogen) atoms. The third-order valence-electron chi connectivity index (χ3n) is 4.46. The van der Waals surface area contributed by atoms with Gasteiger partial charge in [-0.3, -0.25) is 15.0 Å². The highest BCUT2D eigenvalue weighted by atomic mass is 16.6. The Bertz CT molecular complexity index is 1120. The molecule has 0 aliphatic carbocycles. The number of hydrogen-bond acceptors (Lipinski definition) is 8. The van der Waals surface area contributed by atoms with Gasteiger partial charge in [-0.25, -0.2) is 9.78 Å². The van der Waals surface area contributed by atoms with Gasteiger partial charge in [0.15, 0.2) is 0 Å². The first kappa shape index (κ1) is 24.0. The van der Waals surface area contributed by atoms with Crippen LogP contribution in [0.1, 0.15) is 46.0 Å². The summed E-state index contributed by atoms with van der Waals surface area (Å²) in [4.78, 5) is 25.4. The molecule has 10 nitrogen and oxygen atoms in total. The average molecular weight is 454 g/mol. The standard InChI is InChI=1S/C23H31N7O3/c1-14(2)32-20-10-11-24-21(29-20)25-13-19-16(12-26-30(19)7)18-9-8-17(15(3)27-18)28-22(31)33-23(4,5)6/h8-12,14H,13H2,1-7H3,(H,28,31)(H,24,25,29). The second-order valence-electron chi connectivity index (χ2n) is 8.82. The molecule has 1 amide bonds. The summed E-state index contributed by atoms with van der Waals surface area (Å²) in [5, 5.41) is 10.4. The van der Waals surface area contributed by atoms with Crippen molar-refractivity contribution in [2.24, 2.45) is 7.05 Å². The van der Waals surface area contributed by atoms with Crippen LogP contribution in [0, 0.1) is 6.92 Å². The number of nitrogens with zero attached hydrogens (tertiary/aromatic N) is 5. The van der Waals surface area contributed by atoms with Gasteiger partial charge in [0.25, 0.3) is 0 Å². The van der Waals surface area contributed by atoms with Crippen LogP contribution in [-0.2, 0) is 18.3 Å². The number of pyridine rings is 1. The van der Waals surface area contributed by atoms with E-state index in [0.717, 1.165) is 17.0 Å². The predicted molar refractivity (Wildman–Crippen MR) is 126 cm³/mol. The molecule has 0 saturated carbocycles. The van der Waals surface area contributed by atoms with Gasteiger partial charge in [-0.15, -0.1) is 0 Å². The van der Waals surface area contributed by atoms with Crippen LogP contribution in [0.3, 0.4) is 0 Å². The maximum absolute atomic E-state index is 12.1. The van der Waals surface area contributed by atoms with Gasteiger partial charge < -0.3 is 14.8 Å². The molecule has 0 bridgehead atoms. The van der Waals surface area contributed by atoms with Gasteiger partial charge in [-0.2, -0.15) is 10.1 Å². The van der Waals surface area contributed by atoms with Crippen molar-refractivity contribution < 1.29 is 14.3 Å². The lowest BCUT2D eigenvalue weighted by Gasteiger charge is -2.20. The van der Waals surface area contributed by atoms with E-state index in [1.54, 1.807) is 23.1 Å². The number of aryl methyl sites for hydroxylation is 2. The van der Waals surface area contributed by atoms with Gasteiger partial charge in [0.05, 0.1) is 41.6 Å². The van der Waals surface area contributed by atoms with Gasteiger partial charge in [-0.05, 0) is 53.7 Å². The van der Waals surface area contributed by atoms with Gasteiger partial charge in [0.1, 0.15) is 5.60 Å². The van der Waals surface area contributed by atoms with Gasteiger partial charge in [0, 0.05) is 24.9 Å². The van der Waals surface area contributed by atoms with Crippen molar-refractivity contribution in [3.63, 3.8) is 0 Å². The Balaban J connectivity index is 1.75. The molecule has 0 saturated heterocycles. The topological polar surface area (TPSA) is 116 Å². The molecule has 3 rings (SSSR count). The minimum Gasteiger partial charge on any atom is -0.475 e. The number of carbonyl (C=O) groups excluding carboxylic acids is 1. The minimum absolute atomic E-state index is 0.0264. The molecule has 0 atom stereocenters. The lowest BCUT2D eigenvalue weighted by Crippen LogP contribution is -2.27. The molecule has 3 aromatic rings. The summed E-state index contributed by atoms with van der Waals surface area (Å²) in [5.74, 6) is 0.972. The van der Waals surface area contributed by atoms with E-state index in [1.165, 1.54) is 0 Å².